The molecule has 0 fully saturated rings. The van der Waals surface area contributed by atoms with E-state index in [9.17, 15) is 4.79 Å². The maximum absolute atomic E-state index is 11.6. The first-order chi connectivity index (χ1) is 10.7. The van der Waals surface area contributed by atoms with Gasteiger partial charge in [0.25, 0.3) is 0 Å². The monoisotopic (exact) mass is 295 g/mol. The molecule has 0 aliphatic carbocycles. The molecule has 0 aromatic heterocycles. The predicted octanol–water partition coefficient (Wildman–Crippen LogP) is 4.30. The molecule has 2 rings (SSSR count). The molecular formula is C16H13N3O3. The summed E-state index contributed by atoms with van der Waals surface area (Å²) < 4.78 is 10.4. The number of hydrogen-bond acceptors (Lipinski definition) is 4. The van der Waals surface area contributed by atoms with E-state index in [2.05, 4.69) is 14.8 Å². The first-order valence-corrected chi connectivity index (χ1v) is 6.41. The third-order valence-corrected chi connectivity index (χ3v) is 2.73. The maximum atomic E-state index is 11.6. The minimum absolute atomic E-state index is 0.144. The van der Waals surface area contributed by atoms with Gasteiger partial charge in [0, 0.05) is 10.5 Å². The van der Waals surface area contributed by atoms with Crippen molar-refractivity contribution in [2.24, 2.45) is 5.11 Å². The predicted molar refractivity (Wildman–Crippen MR) is 82.1 cm³/mol. The molecule has 0 N–H and O–H groups in total. The van der Waals surface area contributed by atoms with Crippen LogP contribution in [-0.2, 0) is 9.53 Å². The number of rotatable bonds is 5. The Morgan fingerprint density at radius 3 is 2.50 bits per heavy atom. The second kappa shape index (κ2) is 7.52. The zero-order valence-electron chi connectivity index (χ0n) is 11.8. The normalized spacial score (nSPS) is 10.5. The van der Waals surface area contributed by atoms with E-state index in [0.29, 0.717) is 17.1 Å². The molecule has 0 aliphatic heterocycles. The van der Waals surface area contributed by atoms with E-state index in [1.807, 2.05) is 30.3 Å². The smallest absolute Gasteiger partial charge is 0.340 e. The summed E-state index contributed by atoms with van der Waals surface area (Å²) in [5.41, 5.74) is 8.99. The number of carbonyl (C=O) groups excluding carboxylic acids is 1. The number of methoxy groups -OCH3 is 1. The summed E-state index contributed by atoms with van der Waals surface area (Å²) in [5, 5.41) is 3.35. The van der Waals surface area contributed by atoms with Gasteiger partial charge in [0.15, 0.2) is 0 Å². The molecule has 0 spiro atoms. The van der Waals surface area contributed by atoms with Gasteiger partial charge in [-0.25, -0.2) is 4.79 Å². The van der Waals surface area contributed by atoms with E-state index in [4.69, 9.17) is 10.3 Å². The lowest BCUT2D eigenvalue weighted by Gasteiger charge is -2.09. The number of hydrogen-bond donors (Lipinski definition) is 0. The average molecular weight is 295 g/mol. The van der Waals surface area contributed by atoms with Crippen molar-refractivity contribution in [3.05, 3.63) is 76.3 Å². The first kappa shape index (κ1) is 15.2. The molecule has 6 heteroatoms. The fourth-order valence-corrected chi connectivity index (χ4v) is 1.74. The molecule has 2 aromatic carbocycles. The number of esters is 1. The number of azide groups is 1. The van der Waals surface area contributed by atoms with Crippen LogP contribution in [0, 0.1) is 0 Å². The second-order valence-electron chi connectivity index (χ2n) is 4.16. The van der Waals surface area contributed by atoms with Crippen LogP contribution in [0.4, 0.5) is 0 Å². The minimum atomic E-state index is -0.715. The van der Waals surface area contributed by atoms with Gasteiger partial charge < -0.3 is 9.47 Å². The molecule has 0 amide bonds. The van der Waals surface area contributed by atoms with E-state index in [1.54, 1.807) is 24.3 Å². The van der Waals surface area contributed by atoms with Gasteiger partial charge in [0.1, 0.15) is 17.2 Å². The quantitative estimate of drug-likeness (QED) is 0.271. The molecule has 0 bridgehead atoms. The lowest BCUT2D eigenvalue weighted by Crippen LogP contribution is -2.02. The van der Waals surface area contributed by atoms with Gasteiger partial charge in [0.2, 0.25) is 0 Å². The van der Waals surface area contributed by atoms with Crippen LogP contribution in [0.25, 0.3) is 16.5 Å². The number of nitrogens with zero attached hydrogens (tertiary/aromatic N) is 3. The Hall–Kier alpha value is -3.24. The van der Waals surface area contributed by atoms with Crippen molar-refractivity contribution in [3.63, 3.8) is 0 Å². The minimum Gasteiger partial charge on any atom is -0.466 e. The van der Waals surface area contributed by atoms with Crippen molar-refractivity contribution in [1.29, 1.82) is 0 Å². The van der Waals surface area contributed by atoms with E-state index in [1.165, 1.54) is 13.2 Å². The van der Waals surface area contributed by atoms with Crippen LogP contribution in [0.5, 0.6) is 11.5 Å². The molecule has 0 heterocycles. The SMILES string of the molecule is COC(=O)C(=Cc1ccccc1Oc1ccccc1)N=[N+]=[N-]. The second-order valence-corrected chi connectivity index (χ2v) is 4.16. The number of para-hydroxylation sites is 2. The first-order valence-electron chi connectivity index (χ1n) is 6.41. The summed E-state index contributed by atoms with van der Waals surface area (Å²) in [6, 6.07) is 16.3. The van der Waals surface area contributed by atoms with Crippen molar-refractivity contribution in [2.45, 2.75) is 0 Å². The summed E-state index contributed by atoms with van der Waals surface area (Å²) in [6.45, 7) is 0. The Morgan fingerprint density at radius 2 is 1.82 bits per heavy atom. The summed E-state index contributed by atoms with van der Waals surface area (Å²) in [5.74, 6) is 0.474. The molecule has 6 nitrogen and oxygen atoms in total. The number of benzene rings is 2. The standard InChI is InChI=1S/C16H13N3O3/c1-21-16(20)14(18-19-17)11-12-7-5-6-10-15(12)22-13-8-3-2-4-9-13/h2-11H,1H3. The molecule has 0 unspecified atom stereocenters. The molecule has 0 atom stereocenters. The van der Waals surface area contributed by atoms with Crippen molar-refractivity contribution >= 4 is 12.0 Å². The highest BCUT2D eigenvalue weighted by molar-refractivity contribution is 5.93. The lowest BCUT2D eigenvalue weighted by molar-refractivity contribution is -0.136. The van der Waals surface area contributed by atoms with E-state index in [-0.39, 0.29) is 5.70 Å². The maximum Gasteiger partial charge on any atom is 0.340 e. The van der Waals surface area contributed by atoms with Crippen LogP contribution in [0.3, 0.4) is 0 Å². The van der Waals surface area contributed by atoms with Crippen molar-refractivity contribution < 1.29 is 14.3 Å². The van der Waals surface area contributed by atoms with Crippen LogP contribution < -0.4 is 4.74 Å². The van der Waals surface area contributed by atoms with Gasteiger partial charge in [-0.15, -0.1) is 0 Å². The zero-order chi connectivity index (χ0) is 15.8. The Kier molecular flexibility index (Phi) is 5.18. The number of ether oxygens (including phenoxy) is 2. The van der Waals surface area contributed by atoms with Gasteiger partial charge in [-0.2, -0.15) is 0 Å². The third-order valence-electron chi connectivity index (χ3n) is 2.73. The Balaban J connectivity index is 2.39. The summed E-state index contributed by atoms with van der Waals surface area (Å²) in [7, 11) is 1.22. The molecular weight excluding hydrogens is 282 g/mol. The molecule has 0 aliphatic rings. The van der Waals surface area contributed by atoms with Crippen molar-refractivity contribution in [1.82, 2.24) is 0 Å². The van der Waals surface area contributed by atoms with E-state index < -0.39 is 5.97 Å². The van der Waals surface area contributed by atoms with Gasteiger partial charge in [0.05, 0.1) is 7.11 Å². The summed E-state index contributed by atoms with van der Waals surface area (Å²) in [4.78, 5) is 14.2. The molecule has 110 valence electrons. The van der Waals surface area contributed by atoms with Crippen molar-refractivity contribution in [3.8, 4) is 11.5 Å². The summed E-state index contributed by atoms with van der Waals surface area (Å²) >= 11 is 0. The topological polar surface area (TPSA) is 84.3 Å². The van der Waals surface area contributed by atoms with Gasteiger partial charge in [-0.3, -0.25) is 0 Å². The van der Waals surface area contributed by atoms with Gasteiger partial charge in [-0.1, -0.05) is 41.5 Å². The van der Waals surface area contributed by atoms with Crippen LogP contribution in [0.15, 0.2) is 65.4 Å². The molecule has 0 saturated heterocycles. The highest BCUT2D eigenvalue weighted by atomic mass is 16.5. The molecule has 22 heavy (non-hydrogen) atoms. The number of carbonyl (C=O) groups is 1. The van der Waals surface area contributed by atoms with Gasteiger partial charge in [-0.05, 0) is 29.8 Å². The highest BCUT2D eigenvalue weighted by Crippen LogP contribution is 2.27. The fraction of sp³-hybridized carbons (Fsp3) is 0.0625. The van der Waals surface area contributed by atoms with E-state index >= 15 is 0 Å². The van der Waals surface area contributed by atoms with Gasteiger partial charge >= 0.3 is 5.97 Å². The van der Waals surface area contributed by atoms with Crippen LogP contribution in [0.2, 0.25) is 0 Å². The Bertz CT molecular complexity index is 735. The van der Waals surface area contributed by atoms with Crippen LogP contribution in [0.1, 0.15) is 5.56 Å². The summed E-state index contributed by atoms with van der Waals surface area (Å²) in [6.07, 6.45) is 1.42. The zero-order valence-corrected chi connectivity index (χ0v) is 11.8. The average Bonchev–Trinajstić information content (AvgIpc) is 2.56. The Morgan fingerprint density at radius 1 is 1.14 bits per heavy atom. The molecule has 2 aromatic rings. The van der Waals surface area contributed by atoms with Crippen molar-refractivity contribution in [2.75, 3.05) is 7.11 Å². The highest BCUT2D eigenvalue weighted by Gasteiger charge is 2.10. The van der Waals surface area contributed by atoms with E-state index in [0.717, 1.165) is 0 Å². The fourth-order valence-electron chi connectivity index (χ4n) is 1.74. The Labute approximate surface area is 127 Å². The lowest BCUT2D eigenvalue weighted by atomic mass is 10.1. The largest absolute Gasteiger partial charge is 0.466 e. The van der Waals surface area contributed by atoms with Crippen LogP contribution in [-0.4, -0.2) is 13.1 Å². The molecule has 0 radical (unpaired) electrons. The third kappa shape index (κ3) is 3.88. The van der Waals surface area contributed by atoms with Crippen LogP contribution >= 0.6 is 0 Å². The molecule has 0 saturated carbocycles.